The highest BCUT2D eigenvalue weighted by Crippen LogP contribution is 2.28. The van der Waals surface area contributed by atoms with Gasteiger partial charge in [-0.25, -0.2) is 9.80 Å². The molecule has 40 heavy (non-hydrogen) atoms. The number of benzene rings is 2. The zero-order valence-corrected chi connectivity index (χ0v) is 22.6. The number of nitrogens with two attached hydrogens (primary N) is 1. The zero-order valence-electron chi connectivity index (χ0n) is 22.6. The van der Waals surface area contributed by atoms with Crippen LogP contribution >= 0.6 is 0 Å². The molecule has 0 atom stereocenters. The first-order chi connectivity index (χ1) is 19.3. The fourth-order valence-electron chi connectivity index (χ4n) is 3.96. The van der Waals surface area contributed by atoms with Crippen molar-refractivity contribution in [3.63, 3.8) is 0 Å². The van der Waals surface area contributed by atoms with Gasteiger partial charge >= 0.3 is 5.97 Å². The van der Waals surface area contributed by atoms with Gasteiger partial charge in [0.2, 0.25) is 11.8 Å². The molecule has 10 heteroatoms. The lowest BCUT2D eigenvalue weighted by atomic mass is 10.1. The number of primary amides is 1. The Balaban J connectivity index is 1.89. The fraction of sp³-hybridized carbons (Fsp3) is 0.267. The number of amides is 3. The molecule has 0 aliphatic rings. The van der Waals surface area contributed by atoms with Crippen LogP contribution in [0, 0.1) is 0 Å². The maximum Gasteiger partial charge on any atom is 0.356 e. The Morgan fingerprint density at radius 3 is 2.40 bits per heavy atom. The SMILES string of the molecule is CCOC(=O)/C(=C/CCCC(N)=O)N(NC(=O)c1ccc(-c2ccccc2OC)[nH]1)C(=O)CCc1ccccc1. The number of carbonyl (C=O) groups is 4. The molecule has 210 valence electrons. The van der Waals surface area contributed by atoms with Crippen LogP contribution in [0.3, 0.4) is 0 Å². The van der Waals surface area contributed by atoms with E-state index < -0.39 is 23.7 Å². The van der Waals surface area contributed by atoms with Crippen LogP contribution in [-0.2, 0) is 25.5 Å². The molecule has 2 aromatic carbocycles. The van der Waals surface area contributed by atoms with E-state index in [9.17, 15) is 19.2 Å². The molecule has 0 radical (unpaired) electrons. The number of rotatable bonds is 13. The largest absolute Gasteiger partial charge is 0.496 e. The summed E-state index contributed by atoms with van der Waals surface area (Å²) in [5.74, 6) is -1.79. The average molecular weight is 547 g/mol. The molecule has 3 aromatic rings. The molecular weight excluding hydrogens is 512 g/mol. The van der Waals surface area contributed by atoms with E-state index >= 15 is 0 Å². The van der Waals surface area contributed by atoms with Crippen molar-refractivity contribution in [1.29, 1.82) is 0 Å². The summed E-state index contributed by atoms with van der Waals surface area (Å²) in [6.45, 7) is 1.71. The number of aryl methyl sites for hydroxylation is 1. The molecule has 0 aliphatic heterocycles. The van der Waals surface area contributed by atoms with E-state index in [2.05, 4.69) is 10.4 Å². The quantitative estimate of drug-likeness (QED) is 0.128. The normalized spacial score (nSPS) is 11.0. The number of hydrogen-bond donors (Lipinski definition) is 3. The van der Waals surface area contributed by atoms with Gasteiger partial charge in [0.05, 0.1) is 13.7 Å². The Morgan fingerprint density at radius 1 is 0.975 bits per heavy atom. The standard InChI is InChI=1S/C30H34N4O6/c1-3-40-30(38)25(14-8-10-16-27(31)35)34(28(36)20-17-21-11-5-4-6-12-21)33-29(37)24-19-18-23(32-24)22-13-7-9-15-26(22)39-2/h4-7,9,11-15,18-19,32H,3,8,10,16-17,20H2,1-2H3,(H2,31,35)(H,33,37)/b25-14-. The number of unbranched alkanes of at least 4 members (excludes halogenated alkanes) is 1. The van der Waals surface area contributed by atoms with Crippen LogP contribution in [0.1, 0.15) is 48.7 Å². The third-order valence-corrected chi connectivity index (χ3v) is 5.95. The number of methoxy groups -OCH3 is 1. The molecule has 0 fully saturated rings. The second kappa shape index (κ2) is 14.9. The number of aromatic nitrogens is 1. The number of aromatic amines is 1. The summed E-state index contributed by atoms with van der Waals surface area (Å²) in [6, 6.07) is 20.0. The molecule has 0 spiro atoms. The lowest BCUT2D eigenvalue weighted by Gasteiger charge is -2.25. The number of ether oxygens (including phenoxy) is 2. The highest BCUT2D eigenvalue weighted by atomic mass is 16.5. The molecule has 0 saturated carbocycles. The van der Waals surface area contributed by atoms with Gasteiger partial charge in [0.1, 0.15) is 17.1 Å². The summed E-state index contributed by atoms with van der Waals surface area (Å²) in [6.07, 6.45) is 2.60. The second-order valence-corrected chi connectivity index (χ2v) is 8.81. The highest BCUT2D eigenvalue weighted by molar-refractivity contribution is 5.98. The molecule has 4 N–H and O–H groups in total. The van der Waals surface area contributed by atoms with Crippen molar-refractivity contribution in [1.82, 2.24) is 15.4 Å². The lowest BCUT2D eigenvalue weighted by Crippen LogP contribution is -2.47. The van der Waals surface area contributed by atoms with Crippen LogP contribution in [0.4, 0.5) is 0 Å². The Labute approximate surface area is 233 Å². The van der Waals surface area contributed by atoms with Crippen molar-refractivity contribution < 1.29 is 28.7 Å². The van der Waals surface area contributed by atoms with E-state index in [1.807, 2.05) is 48.5 Å². The monoisotopic (exact) mass is 546 g/mol. The third kappa shape index (κ3) is 8.32. The van der Waals surface area contributed by atoms with Crippen LogP contribution in [-0.4, -0.2) is 47.4 Å². The number of nitrogens with zero attached hydrogens (tertiary/aromatic N) is 1. The first-order valence-corrected chi connectivity index (χ1v) is 13.0. The molecule has 0 saturated heterocycles. The number of carbonyl (C=O) groups excluding carboxylic acids is 4. The maximum absolute atomic E-state index is 13.4. The number of para-hydroxylation sites is 1. The van der Waals surface area contributed by atoms with E-state index in [1.54, 1.807) is 32.2 Å². The van der Waals surface area contributed by atoms with E-state index in [1.165, 1.54) is 6.08 Å². The Hall–Kier alpha value is -4.86. The number of hydrazine groups is 1. The van der Waals surface area contributed by atoms with E-state index in [0.29, 0.717) is 24.3 Å². The van der Waals surface area contributed by atoms with Crippen LogP contribution < -0.4 is 15.9 Å². The number of nitrogens with one attached hydrogen (secondary N) is 2. The lowest BCUT2D eigenvalue weighted by molar-refractivity contribution is -0.145. The topological polar surface area (TPSA) is 144 Å². The van der Waals surface area contributed by atoms with Crippen molar-refractivity contribution in [2.24, 2.45) is 5.73 Å². The third-order valence-electron chi connectivity index (χ3n) is 5.95. The van der Waals surface area contributed by atoms with Crippen molar-refractivity contribution in [2.45, 2.75) is 39.0 Å². The molecule has 1 aromatic heterocycles. The molecule has 1 heterocycles. The van der Waals surface area contributed by atoms with Gasteiger partial charge < -0.3 is 20.2 Å². The number of esters is 1. The molecule has 0 unspecified atom stereocenters. The highest BCUT2D eigenvalue weighted by Gasteiger charge is 2.27. The van der Waals surface area contributed by atoms with Gasteiger partial charge in [-0.2, -0.15) is 0 Å². The van der Waals surface area contributed by atoms with Crippen LogP contribution in [0.25, 0.3) is 11.3 Å². The summed E-state index contributed by atoms with van der Waals surface area (Å²) in [7, 11) is 1.56. The van der Waals surface area contributed by atoms with Gasteiger partial charge in [-0.1, -0.05) is 48.5 Å². The minimum Gasteiger partial charge on any atom is -0.496 e. The summed E-state index contributed by atoms with van der Waals surface area (Å²) in [5, 5.41) is 0.928. The summed E-state index contributed by atoms with van der Waals surface area (Å²) < 4.78 is 10.6. The Bertz CT molecular complexity index is 1350. The smallest absolute Gasteiger partial charge is 0.356 e. The zero-order chi connectivity index (χ0) is 28.9. The number of hydrogen-bond acceptors (Lipinski definition) is 6. The summed E-state index contributed by atoms with van der Waals surface area (Å²) in [5.41, 5.74) is 10.1. The van der Waals surface area contributed by atoms with Gasteiger partial charge in [-0.15, -0.1) is 0 Å². The molecule has 0 bridgehead atoms. The van der Waals surface area contributed by atoms with Crippen molar-refractivity contribution in [3.05, 3.63) is 89.8 Å². The van der Waals surface area contributed by atoms with Gasteiger partial charge in [0, 0.05) is 24.1 Å². The van der Waals surface area contributed by atoms with Crippen LogP contribution in [0.15, 0.2) is 78.5 Å². The predicted octanol–water partition coefficient (Wildman–Crippen LogP) is 3.90. The first kappa shape index (κ1) is 29.7. The molecular formula is C30H34N4O6. The molecule has 3 amide bonds. The minimum atomic E-state index is -0.781. The van der Waals surface area contributed by atoms with E-state index in [-0.39, 0.29) is 37.3 Å². The van der Waals surface area contributed by atoms with Crippen molar-refractivity contribution >= 4 is 23.7 Å². The van der Waals surface area contributed by atoms with Gasteiger partial charge in [0.15, 0.2) is 0 Å². The minimum absolute atomic E-state index is 0.0134. The Morgan fingerprint density at radius 2 is 1.70 bits per heavy atom. The summed E-state index contributed by atoms with van der Waals surface area (Å²) >= 11 is 0. The Kier molecular flexibility index (Phi) is 11.1. The first-order valence-electron chi connectivity index (χ1n) is 13.0. The van der Waals surface area contributed by atoms with Crippen molar-refractivity contribution in [3.8, 4) is 17.0 Å². The van der Waals surface area contributed by atoms with E-state index in [0.717, 1.165) is 16.1 Å². The summed E-state index contributed by atoms with van der Waals surface area (Å²) in [4.78, 5) is 53.9. The molecule has 3 rings (SSSR count). The second-order valence-electron chi connectivity index (χ2n) is 8.81. The van der Waals surface area contributed by atoms with Crippen molar-refractivity contribution in [2.75, 3.05) is 13.7 Å². The van der Waals surface area contributed by atoms with Crippen LogP contribution in [0.5, 0.6) is 5.75 Å². The molecule has 0 aliphatic carbocycles. The number of allylic oxidation sites excluding steroid dienone is 1. The average Bonchev–Trinajstić information content (AvgIpc) is 3.46. The van der Waals surface area contributed by atoms with Gasteiger partial charge in [-0.3, -0.25) is 19.8 Å². The van der Waals surface area contributed by atoms with Crippen LogP contribution in [0.2, 0.25) is 0 Å². The fourth-order valence-corrected chi connectivity index (χ4v) is 3.96. The number of H-pyrrole nitrogens is 1. The van der Waals surface area contributed by atoms with E-state index in [4.69, 9.17) is 15.2 Å². The van der Waals surface area contributed by atoms with Gasteiger partial charge in [0.25, 0.3) is 5.91 Å². The van der Waals surface area contributed by atoms with Gasteiger partial charge in [-0.05, 0) is 56.0 Å². The molecule has 10 nitrogen and oxygen atoms in total. The predicted molar refractivity (Wildman–Crippen MR) is 150 cm³/mol. The maximum atomic E-state index is 13.4.